The third kappa shape index (κ3) is 1.97. The lowest BCUT2D eigenvalue weighted by Gasteiger charge is -2.18. The van der Waals surface area contributed by atoms with Gasteiger partial charge in [0, 0.05) is 6.54 Å². The maximum Gasteiger partial charge on any atom is 0.152 e. The summed E-state index contributed by atoms with van der Waals surface area (Å²) in [7, 11) is -2.85. The number of aromatic nitrogens is 2. The van der Waals surface area contributed by atoms with Crippen LogP contribution in [-0.4, -0.2) is 36.2 Å². The summed E-state index contributed by atoms with van der Waals surface area (Å²) in [6, 6.07) is 0.0453. The monoisotopic (exact) mass is 269 g/mol. The van der Waals surface area contributed by atoms with Gasteiger partial charge in [-0.1, -0.05) is 6.92 Å². The Balaban J connectivity index is 2.00. The van der Waals surface area contributed by atoms with Gasteiger partial charge in [0.15, 0.2) is 9.84 Å². The molecule has 0 amide bonds. The van der Waals surface area contributed by atoms with Crippen molar-refractivity contribution in [2.45, 2.75) is 38.8 Å². The molecular weight excluding hydrogens is 250 g/mol. The van der Waals surface area contributed by atoms with Crippen LogP contribution in [0, 0.1) is 0 Å². The Morgan fingerprint density at radius 3 is 3.00 bits per heavy atom. The highest BCUT2D eigenvalue weighted by Gasteiger charge is 2.32. The SMILES string of the molecule is CCc1nn(C2CCS(=O)(=O)C2)c2c1CCNC2. The van der Waals surface area contributed by atoms with Crippen molar-refractivity contribution >= 4 is 9.84 Å². The summed E-state index contributed by atoms with van der Waals surface area (Å²) < 4.78 is 25.2. The van der Waals surface area contributed by atoms with E-state index in [0.29, 0.717) is 12.2 Å². The fourth-order valence-corrected chi connectivity index (χ4v) is 4.70. The van der Waals surface area contributed by atoms with Gasteiger partial charge in [-0.05, 0) is 31.4 Å². The van der Waals surface area contributed by atoms with E-state index in [1.807, 2.05) is 4.68 Å². The highest BCUT2D eigenvalue weighted by atomic mass is 32.2. The van der Waals surface area contributed by atoms with Gasteiger partial charge in [0.1, 0.15) is 0 Å². The Hall–Kier alpha value is -0.880. The van der Waals surface area contributed by atoms with E-state index in [4.69, 9.17) is 0 Å². The number of fused-ring (bicyclic) bond motifs is 1. The summed E-state index contributed by atoms with van der Waals surface area (Å²) in [6.45, 7) is 3.92. The average molecular weight is 269 g/mol. The molecule has 100 valence electrons. The molecule has 2 aliphatic rings. The zero-order chi connectivity index (χ0) is 12.8. The number of hydrogen-bond acceptors (Lipinski definition) is 4. The van der Waals surface area contributed by atoms with Gasteiger partial charge < -0.3 is 5.32 Å². The van der Waals surface area contributed by atoms with E-state index in [9.17, 15) is 8.42 Å². The van der Waals surface area contributed by atoms with Gasteiger partial charge in [0.2, 0.25) is 0 Å². The first-order valence-electron chi connectivity index (χ1n) is 6.61. The molecule has 1 fully saturated rings. The number of aryl methyl sites for hydroxylation is 1. The average Bonchev–Trinajstić information content (AvgIpc) is 2.89. The van der Waals surface area contributed by atoms with Crippen molar-refractivity contribution in [1.82, 2.24) is 15.1 Å². The van der Waals surface area contributed by atoms with E-state index in [1.54, 1.807) is 0 Å². The zero-order valence-corrected chi connectivity index (χ0v) is 11.5. The molecule has 3 heterocycles. The second-order valence-corrected chi connectivity index (χ2v) is 7.38. The first kappa shape index (κ1) is 12.2. The van der Waals surface area contributed by atoms with Crippen LogP contribution in [0.3, 0.4) is 0 Å². The van der Waals surface area contributed by atoms with Gasteiger partial charge >= 0.3 is 0 Å². The Kier molecular flexibility index (Phi) is 2.94. The summed E-state index contributed by atoms with van der Waals surface area (Å²) in [5.74, 6) is 0.561. The van der Waals surface area contributed by atoms with Crippen molar-refractivity contribution in [1.29, 1.82) is 0 Å². The van der Waals surface area contributed by atoms with Crippen LogP contribution in [0.15, 0.2) is 0 Å². The lowest BCUT2D eigenvalue weighted by Crippen LogP contribution is -2.27. The first-order valence-corrected chi connectivity index (χ1v) is 8.43. The third-order valence-electron chi connectivity index (χ3n) is 3.94. The van der Waals surface area contributed by atoms with Crippen molar-refractivity contribution in [2.24, 2.45) is 0 Å². The molecule has 0 aliphatic carbocycles. The van der Waals surface area contributed by atoms with Gasteiger partial charge in [0.25, 0.3) is 0 Å². The van der Waals surface area contributed by atoms with Gasteiger partial charge in [-0.2, -0.15) is 5.10 Å². The van der Waals surface area contributed by atoms with E-state index >= 15 is 0 Å². The van der Waals surface area contributed by atoms with Crippen molar-refractivity contribution in [3.05, 3.63) is 17.0 Å². The summed E-state index contributed by atoms with van der Waals surface area (Å²) in [5, 5.41) is 8.02. The maximum atomic E-state index is 11.6. The predicted molar refractivity (Wildman–Crippen MR) is 69.3 cm³/mol. The molecule has 6 heteroatoms. The fraction of sp³-hybridized carbons (Fsp3) is 0.750. The van der Waals surface area contributed by atoms with Crippen LogP contribution in [0.4, 0.5) is 0 Å². The molecule has 1 saturated heterocycles. The number of nitrogens with zero attached hydrogens (tertiary/aromatic N) is 2. The Labute approximate surface area is 107 Å². The van der Waals surface area contributed by atoms with Crippen LogP contribution in [0.1, 0.15) is 36.3 Å². The first-order chi connectivity index (χ1) is 8.61. The predicted octanol–water partition coefficient (Wildman–Crippen LogP) is 0.451. The number of hydrogen-bond donors (Lipinski definition) is 1. The quantitative estimate of drug-likeness (QED) is 0.847. The Morgan fingerprint density at radius 1 is 1.50 bits per heavy atom. The Morgan fingerprint density at radius 2 is 2.33 bits per heavy atom. The highest BCUT2D eigenvalue weighted by molar-refractivity contribution is 7.91. The summed E-state index contributed by atoms with van der Waals surface area (Å²) in [4.78, 5) is 0. The van der Waals surface area contributed by atoms with Crippen LogP contribution in [0.25, 0.3) is 0 Å². The van der Waals surface area contributed by atoms with Crippen LogP contribution < -0.4 is 5.32 Å². The standard InChI is InChI=1S/C12H19N3O2S/c1-2-11-10-3-5-13-7-12(10)15(14-11)9-4-6-18(16,17)8-9/h9,13H,2-8H2,1H3. The van der Waals surface area contributed by atoms with Gasteiger partial charge in [-0.25, -0.2) is 8.42 Å². The topological polar surface area (TPSA) is 64.0 Å². The molecule has 18 heavy (non-hydrogen) atoms. The van der Waals surface area contributed by atoms with Crippen molar-refractivity contribution < 1.29 is 8.42 Å². The van der Waals surface area contributed by atoms with Gasteiger partial charge in [0.05, 0.1) is 28.9 Å². The molecule has 1 atom stereocenters. The highest BCUT2D eigenvalue weighted by Crippen LogP contribution is 2.28. The number of rotatable bonds is 2. The van der Waals surface area contributed by atoms with E-state index in [1.165, 1.54) is 11.3 Å². The Bertz CT molecular complexity index is 562. The van der Waals surface area contributed by atoms with Crippen molar-refractivity contribution in [3.8, 4) is 0 Å². The van der Waals surface area contributed by atoms with Crippen molar-refractivity contribution in [2.75, 3.05) is 18.1 Å². The third-order valence-corrected chi connectivity index (χ3v) is 5.69. The number of nitrogens with one attached hydrogen (secondary N) is 1. The molecule has 1 unspecified atom stereocenters. The second-order valence-electron chi connectivity index (χ2n) is 5.15. The minimum atomic E-state index is -2.85. The van der Waals surface area contributed by atoms with E-state index in [2.05, 4.69) is 17.3 Å². The normalized spacial score (nSPS) is 26.2. The largest absolute Gasteiger partial charge is 0.311 e. The summed E-state index contributed by atoms with van der Waals surface area (Å²) in [5.41, 5.74) is 3.71. The molecule has 0 spiro atoms. The molecule has 0 radical (unpaired) electrons. The minimum Gasteiger partial charge on any atom is -0.311 e. The van der Waals surface area contributed by atoms with Crippen LogP contribution in [-0.2, 0) is 29.2 Å². The van der Waals surface area contributed by atoms with E-state index in [0.717, 1.165) is 31.6 Å². The van der Waals surface area contributed by atoms with Gasteiger partial charge in [-0.3, -0.25) is 4.68 Å². The van der Waals surface area contributed by atoms with Crippen LogP contribution >= 0.6 is 0 Å². The fourth-order valence-electron chi connectivity index (χ4n) is 3.01. The molecule has 1 aromatic heterocycles. The van der Waals surface area contributed by atoms with E-state index < -0.39 is 9.84 Å². The summed E-state index contributed by atoms with van der Waals surface area (Å²) in [6.07, 6.45) is 2.65. The lowest BCUT2D eigenvalue weighted by molar-refractivity contribution is 0.461. The second kappa shape index (κ2) is 4.35. The van der Waals surface area contributed by atoms with Gasteiger partial charge in [-0.15, -0.1) is 0 Å². The lowest BCUT2D eigenvalue weighted by atomic mass is 10.0. The molecule has 1 N–H and O–H groups in total. The molecular formula is C12H19N3O2S. The molecule has 2 aliphatic heterocycles. The minimum absolute atomic E-state index is 0.0453. The molecule has 1 aromatic rings. The summed E-state index contributed by atoms with van der Waals surface area (Å²) >= 11 is 0. The molecule has 0 aromatic carbocycles. The maximum absolute atomic E-state index is 11.6. The molecule has 5 nitrogen and oxygen atoms in total. The molecule has 0 bridgehead atoms. The zero-order valence-electron chi connectivity index (χ0n) is 10.6. The smallest absolute Gasteiger partial charge is 0.152 e. The molecule has 3 rings (SSSR count). The van der Waals surface area contributed by atoms with Crippen LogP contribution in [0.5, 0.6) is 0 Å². The van der Waals surface area contributed by atoms with Crippen LogP contribution in [0.2, 0.25) is 0 Å². The molecule has 0 saturated carbocycles. The number of sulfone groups is 1. The van der Waals surface area contributed by atoms with Crippen molar-refractivity contribution in [3.63, 3.8) is 0 Å². The van der Waals surface area contributed by atoms with E-state index in [-0.39, 0.29) is 11.8 Å².